The Labute approximate surface area is 151 Å². The summed E-state index contributed by atoms with van der Waals surface area (Å²) in [6, 6.07) is 15.4. The standard InChI is InChI=1S/C21H22FNOS/c1-15-13-23(14-16-5-3-2-4-6-16)9-8-21(15,24)19-12-18(22)11-17-7-10-25-20(17)19/h2-7,10-12,15,24H,8-9,13-14H2,1H3. The first kappa shape index (κ1) is 16.7. The topological polar surface area (TPSA) is 23.5 Å². The van der Waals surface area contributed by atoms with Crippen LogP contribution in [-0.2, 0) is 12.1 Å². The van der Waals surface area contributed by atoms with Crippen molar-refractivity contribution in [3.63, 3.8) is 0 Å². The van der Waals surface area contributed by atoms with Crippen LogP contribution in [-0.4, -0.2) is 23.1 Å². The van der Waals surface area contributed by atoms with Crippen molar-refractivity contribution in [1.29, 1.82) is 0 Å². The Morgan fingerprint density at radius 3 is 2.80 bits per heavy atom. The molecule has 1 aliphatic rings. The largest absolute Gasteiger partial charge is 0.385 e. The molecule has 0 spiro atoms. The van der Waals surface area contributed by atoms with Crippen LogP contribution in [0.3, 0.4) is 0 Å². The highest BCUT2D eigenvalue weighted by molar-refractivity contribution is 7.17. The smallest absolute Gasteiger partial charge is 0.124 e. The molecule has 0 bridgehead atoms. The molecule has 1 aromatic heterocycles. The zero-order valence-electron chi connectivity index (χ0n) is 14.3. The van der Waals surface area contributed by atoms with Crippen LogP contribution >= 0.6 is 11.3 Å². The fourth-order valence-electron chi connectivity index (χ4n) is 3.96. The van der Waals surface area contributed by atoms with Gasteiger partial charge in [-0.1, -0.05) is 37.3 Å². The fraction of sp³-hybridized carbons (Fsp3) is 0.333. The number of likely N-dealkylation sites (tertiary alicyclic amines) is 1. The molecule has 130 valence electrons. The van der Waals surface area contributed by atoms with Crippen LogP contribution in [0.4, 0.5) is 4.39 Å². The first-order chi connectivity index (χ1) is 12.1. The monoisotopic (exact) mass is 355 g/mol. The van der Waals surface area contributed by atoms with Gasteiger partial charge >= 0.3 is 0 Å². The highest BCUT2D eigenvalue weighted by atomic mass is 32.1. The van der Waals surface area contributed by atoms with Crippen molar-refractivity contribution in [1.82, 2.24) is 4.90 Å². The van der Waals surface area contributed by atoms with Gasteiger partial charge in [-0.05, 0) is 40.9 Å². The molecule has 0 amide bonds. The lowest BCUT2D eigenvalue weighted by molar-refractivity contribution is -0.0718. The number of rotatable bonds is 3. The number of aliphatic hydroxyl groups is 1. The predicted octanol–water partition coefficient (Wildman–Crippen LogP) is 4.77. The van der Waals surface area contributed by atoms with E-state index in [2.05, 4.69) is 36.1 Å². The van der Waals surface area contributed by atoms with Crippen LogP contribution in [0.5, 0.6) is 0 Å². The second-order valence-corrected chi connectivity index (χ2v) is 8.00. The van der Waals surface area contributed by atoms with Crippen molar-refractivity contribution in [3.8, 4) is 0 Å². The molecule has 1 N–H and O–H groups in total. The van der Waals surface area contributed by atoms with E-state index >= 15 is 0 Å². The lowest BCUT2D eigenvalue weighted by Gasteiger charge is -2.44. The first-order valence-electron chi connectivity index (χ1n) is 8.72. The van der Waals surface area contributed by atoms with Gasteiger partial charge in [0.05, 0.1) is 5.60 Å². The SMILES string of the molecule is CC1CN(Cc2ccccc2)CCC1(O)c1cc(F)cc2ccsc12. The highest BCUT2D eigenvalue weighted by Gasteiger charge is 2.41. The summed E-state index contributed by atoms with van der Waals surface area (Å²) in [5, 5.41) is 14.3. The minimum Gasteiger partial charge on any atom is -0.385 e. The minimum atomic E-state index is -0.974. The van der Waals surface area contributed by atoms with E-state index < -0.39 is 5.60 Å². The van der Waals surface area contributed by atoms with E-state index in [0.29, 0.717) is 6.42 Å². The second-order valence-electron chi connectivity index (χ2n) is 7.09. The summed E-state index contributed by atoms with van der Waals surface area (Å²) in [6.07, 6.45) is 0.622. The molecule has 2 heterocycles. The summed E-state index contributed by atoms with van der Waals surface area (Å²) >= 11 is 1.58. The Kier molecular flexibility index (Phi) is 4.36. The molecular weight excluding hydrogens is 333 g/mol. The van der Waals surface area contributed by atoms with Gasteiger partial charge in [0.1, 0.15) is 5.82 Å². The lowest BCUT2D eigenvalue weighted by atomic mass is 9.76. The van der Waals surface area contributed by atoms with Gasteiger partial charge in [-0.25, -0.2) is 4.39 Å². The van der Waals surface area contributed by atoms with Crippen LogP contribution < -0.4 is 0 Å². The van der Waals surface area contributed by atoms with E-state index in [1.165, 1.54) is 11.6 Å². The van der Waals surface area contributed by atoms with Gasteiger partial charge in [0.25, 0.3) is 0 Å². The number of halogens is 1. The number of nitrogens with zero attached hydrogens (tertiary/aromatic N) is 1. The van der Waals surface area contributed by atoms with E-state index in [9.17, 15) is 9.50 Å². The van der Waals surface area contributed by atoms with Crippen molar-refractivity contribution < 1.29 is 9.50 Å². The minimum absolute atomic E-state index is 0.0389. The predicted molar refractivity (Wildman–Crippen MR) is 101 cm³/mol. The van der Waals surface area contributed by atoms with Crippen molar-refractivity contribution in [2.75, 3.05) is 13.1 Å². The zero-order chi connectivity index (χ0) is 17.4. The maximum Gasteiger partial charge on any atom is 0.124 e. The van der Waals surface area contributed by atoms with E-state index in [0.717, 1.165) is 35.3 Å². The van der Waals surface area contributed by atoms with Gasteiger partial charge in [-0.15, -0.1) is 11.3 Å². The summed E-state index contributed by atoms with van der Waals surface area (Å²) in [7, 11) is 0. The lowest BCUT2D eigenvalue weighted by Crippen LogP contribution is -2.48. The van der Waals surface area contributed by atoms with Gasteiger partial charge in [0.2, 0.25) is 0 Å². The Morgan fingerprint density at radius 1 is 1.24 bits per heavy atom. The van der Waals surface area contributed by atoms with E-state index in [-0.39, 0.29) is 11.7 Å². The number of hydrogen-bond acceptors (Lipinski definition) is 3. The molecule has 2 atom stereocenters. The number of thiophene rings is 1. The molecule has 4 rings (SSSR count). The van der Waals surface area contributed by atoms with Crippen molar-refractivity contribution in [2.24, 2.45) is 5.92 Å². The fourth-order valence-corrected chi connectivity index (χ4v) is 4.93. The molecule has 0 aliphatic carbocycles. The second kappa shape index (κ2) is 6.52. The third kappa shape index (κ3) is 3.10. The molecule has 3 aromatic rings. The maximum atomic E-state index is 14.1. The van der Waals surface area contributed by atoms with Crippen molar-refractivity contribution in [3.05, 3.63) is 70.9 Å². The molecule has 4 heteroatoms. The molecule has 25 heavy (non-hydrogen) atoms. The van der Waals surface area contributed by atoms with Gasteiger partial charge in [-0.2, -0.15) is 0 Å². The van der Waals surface area contributed by atoms with Crippen LogP contribution in [0, 0.1) is 11.7 Å². The van der Waals surface area contributed by atoms with E-state index in [1.807, 2.05) is 17.5 Å². The average Bonchev–Trinajstić information content (AvgIpc) is 3.06. The summed E-state index contributed by atoms with van der Waals surface area (Å²) < 4.78 is 15.1. The van der Waals surface area contributed by atoms with Gasteiger partial charge in [0, 0.05) is 35.8 Å². The van der Waals surface area contributed by atoms with E-state index in [1.54, 1.807) is 17.4 Å². The zero-order valence-corrected chi connectivity index (χ0v) is 15.1. The van der Waals surface area contributed by atoms with Crippen LogP contribution in [0.2, 0.25) is 0 Å². The Balaban J connectivity index is 1.60. The molecule has 1 aliphatic heterocycles. The van der Waals surface area contributed by atoms with Gasteiger partial charge in [-0.3, -0.25) is 4.90 Å². The quantitative estimate of drug-likeness (QED) is 0.731. The maximum absolute atomic E-state index is 14.1. The normalized spacial score (nSPS) is 24.7. The molecule has 0 radical (unpaired) electrons. The molecule has 2 aromatic carbocycles. The van der Waals surface area contributed by atoms with Crippen molar-refractivity contribution in [2.45, 2.75) is 25.5 Å². The Morgan fingerprint density at radius 2 is 2.04 bits per heavy atom. The van der Waals surface area contributed by atoms with E-state index in [4.69, 9.17) is 0 Å². The molecule has 1 saturated heterocycles. The van der Waals surface area contributed by atoms with Crippen molar-refractivity contribution >= 4 is 21.4 Å². The number of benzene rings is 2. The van der Waals surface area contributed by atoms with Crippen LogP contribution in [0.25, 0.3) is 10.1 Å². The van der Waals surface area contributed by atoms with Crippen LogP contribution in [0.1, 0.15) is 24.5 Å². The molecule has 2 unspecified atom stereocenters. The van der Waals surface area contributed by atoms with Gasteiger partial charge in [0.15, 0.2) is 0 Å². The number of hydrogen-bond donors (Lipinski definition) is 1. The average molecular weight is 355 g/mol. The molecule has 1 fully saturated rings. The summed E-state index contributed by atoms with van der Waals surface area (Å²) in [4.78, 5) is 2.37. The highest BCUT2D eigenvalue weighted by Crippen LogP contribution is 2.42. The molecular formula is C21H22FNOS. The first-order valence-corrected chi connectivity index (χ1v) is 9.60. The summed E-state index contributed by atoms with van der Waals surface area (Å²) in [6.45, 7) is 4.56. The summed E-state index contributed by atoms with van der Waals surface area (Å²) in [5.74, 6) is -0.231. The molecule has 0 saturated carbocycles. The number of fused-ring (bicyclic) bond motifs is 1. The molecule has 2 nitrogen and oxygen atoms in total. The van der Waals surface area contributed by atoms with Crippen LogP contribution in [0.15, 0.2) is 53.9 Å². The third-order valence-electron chi connectivity index (χ3n) is 5.39. The summed E-state index contributed by atoms with van der Waals surface area (Å²) in [5.41, 5.74) is 1.06. The van der Waals surface area contributed by atoms with Gasteiger partial charge < -0.3 is 5.11 Å². The Hall–Kier alpha value is -1.75. The third-order valence-corrected chi connectivity index (χ3v) is 6.35. The Bertz CT molecular complexity index is 878. The number of piperidine rings is 1.